The van der Waals surface area contributed by atoms with Gasteiger partial charge in [-0.05, 0) is 43.0 Å². The second-order valence-electron chi connectivity index (χ2n) is 5.54. The quantitative estimate of drug-likeness (QED) is 0.868. The van der Waals surface area contributed by atoms with E-state index in [1.807, 2.05) is 54.6 Å². The Balaban J connectivity index is 1.74. The minimum atomic E-state index is -0.766. The SMILES string of the molecule is CC(=O)C1(C(=O)Nc2ccc(-c3ccccc3)cc2)CC1. The second-order valence-corrected chi connectivity index (χ2v) is 5.54. The fraction of sp³-hybridized carbons (Fsp3) is 0.222. The molecule has 2 aromatic rings. The molecule has 0 atom stereocenters. The Morgan fingerprint density at radius 2 is 1.48 bits per heavy atom. The van der Waals surface area contributed by atoms with E-state index in [2.05, 4.69) is 5.32 Å². The van der Waals surface area contributed by atoms with Crippen molar-refractivity contribution < 1.29 is 9.59 Å². The van der Waals surface area contributed by atoms with Crippen LogP contribution in [0.4, 0.5) is 5.69 Å². The first-order valence-electron chi connectivity index (χ1n) is 7.10. The maximum Gasteiger partial charge on any atom is 0.238 e. The summed E-state index contributed by atoms with van der Waals surface area (Å²) >= 11 is 0. The van der Waals surface area contributed by atoms with Crippen LogP contribution >= 0.6 is 0 Å². The van der Waals surface area contributed by atoms with E-state index in [1.54, 1.807) is 0 Å². The number of rotatable bonds is 4. The second kappa shape index (κ2) is 5.17. The number of nitrogens with one attached hydrogen (secondary N) is 1. The minimum absolute atomic E-state index is 0.0408. The molecule has 3 rings (SSSR count). The summed E-state index contributed by atoms with van der Waals surface area (Å²) in [5, 5.41) is 2.84. The van der Waals surface area contributed by atoms with Crippen molar-refractivity contribution in [1.82, 2.24) is 0 Å². The van der Waals surface area contributed by atoms with Gasteiger partial charge in [0.15, 0.2) is 0 Å². The molecular weight excluding hydrogens is 262 g/mol. The van der Waals surface area contributed by atoms with Gasteiger partial charge in [0.2, 0.25) is 5.91 Å². The molecule has 0 heterocycles. The van der Waals surface area contributed by atoms with E-state index in [1.165, 1.54) is 6.92 Å². The molecule has 106 valence electrons. The van der Waals surface area contributed by atoms with Gasteiger partial charge in [0.25, 0.3) is 0 Å². The molecule has 0 bridgehead atoms. The van der Waals surface area contributed by atoms with Crippen LogP contribution in [0.3, 0.4) is 0 Å². The zero-order chi connectivity index (χ0) is 14.9. The van der Waals surface area contributed by atoms with Gasteiger partial charge in [-0.25, -0.2) is 0 Å². The average molecular weight is 279 g/mol. The molecule has 3 heteroatoms. The Bertz CT molecular complexity index is 670. The van der Waals surface area contributed by atoms with Gasteiger partial charge in [-0.3, -0.25) is 9.59 Å². The van der Waals surface area contributed by atoms with E-state index in [0.717, 1.165) is 16.8 Å². The highest BCUT2D eigenvalue weighted by Crippen LogP contribution is 2.47. The molecule has 0 unspecified atom stereocenters. The van der Waals surface area contributed by atoms with Gasteiger partial charge in [-0.2, -0.15) is 0 Å². The predicted molar refractivity (Wildman–Crippen MR) is 82.9 cm³/mol. The van der Waals surface area contributed by atoms with E-state index in [4.69, 9.17) is 0 Å². The summed E-state index contributed by atoms with van der Waals surface area (Å²) in [6.07, 6.45) is 1.33. The van der Waals surface area contributed by atoms with Crippen LogP contribution in [0, 0.1) is 5.41 Å². The molecule has 0 radical (unpaired) electrons. The van der Waals surface area contributed by atoms with Crippen molar-refractivity contribution in [2.75, 3.05) is 5.32 Å². The summed E-state index contributed by atoms with van der Waals surface area (Å²) in [4.78, 5) is 23.7. The number of benzene rings is 2. The van der Waals surface area contributed by atoms with E-state index in [-0.39, 0.29) is 11.7 Å². The molecule has 0 spiro atoms. The fourth-order valence-electron chi connectivity index (χ4n) is 2.49. The lowest BCUT2D eigenvalue weighted by atomic mass is 10.0. The van der Waals surface area contributed by atoms with Crippen LogP contribution in [0.2, 0.25) is 0 Å². The standard InChI is InChI=1S/C18H17NO2/c1-13(20)18(11-12-18)17(21)19-16-9-7-15(8-10-16)14-5-3-2-4-6-14/h2-10H,11-12H2,1H3,(H,19,21). The zero-order valence-corrected chi connectivity index (χ0v) is 11.9. The van der Waals surface area contributed by atoms with Gasteiger partial charge in [-0.1, -0.05) is 42.5 Å². The summed E-state index contributed by atoms with van der Waals surface area (Å²) in [6.45, 7) is 1.49. The Hall–Kier alpha value is -2.42. The van der Waals surface area contributed by atoms with Crippen LogP contribution in [-0.4, -0.2) is 11.7 Å². The molecule has 3 nitrogen and oxygen atoms in total. The van der Waals surface area contributed by atoms with Crippen LogP contribution in [0.15, 0.2) is 54.6 Å². The van der Waals surface area contributed by atoms with Gasteiger partial charge in [0, 0.05) is 5.69 Å². The first kappa shape index (κ1) is 13.6. The molecule has 1 saturated carbocycles. The third kappa shape index (κ3) is 2.59. The van der Waals surface area contributed by atoms with Crippen LogP contribution < -0.4 is 5.32 Å². The molecule has 0 saturated heterocycles. The summed E-state index contributed by atoms with van der Waals surface area (Å²) < 4.78 is 0. The van der Waals surface area contributed by atoms with E-state index in [0.29, 0.717) is 12.8 Å². The normalized spacial score (nSPS) is 15.3. The van der Waals surface area contributed by atoms with Crippen molar-refractivity contribution in [1.29, 1.82) is 0 Å². The summed E-state index contributed by atoms with van der Waals surface area (Å²) in [7, 11) is 0. The van der Waals surface area contributed by atoms with Gasteiger partial charge in [-0.15, -0.1) is 0 Å². The monoisotopic (exact) mass is 279 g/mol. The largest absolute Gasteiger partial charge is 0.325 e. The maximum atomic E-state index is 12.2. The first-order valence-corrected chi connectivity index (χ1v) is 7.10. The highest BCUT2D eigenvalue weighted by Gasteiger charge is 2.54. The number of Topliss-reactive ketones (excluding diaryl/α,β-unsaturated/α-hetero) is 1. The Morgan fingerprint density at radius 3 is 2.00 bits per heavy atom. The van der Waals surface area contributed by atoms with Crippen molar-refractivity contribution in [3.05, 3.63) is 54.6 Å². The molecule has 2 aromatic carbocycles. The molecular formula is C18H17NO2. The molecule has 1 aliphatic carbocycles. The lowest BCUT2D eigenvalue weighted by Gasteiger charge is -2.12. The lowest BCUT2D eigenvalue weighted by Crippen LogP contribution is -2.29. The number of anilines is 1. The fourth-order valence-corrected chi connectivity index (χ4v) is 2.49. The van der Waals surface area contributed by atoms with Crippen LogP contribution in [0.1, 0.15) is 19.8 Å². The van der Waals surface area contributed by atoms with Crippen molar-refractivity contribution in [2.24, 2.45) is 5.41 Å². The Labute approximate surface area is 124 Å². The smallest absolute Gasteiger partial charge is 0.238 e. The molecule has 1 fully saturated rings. The Morgan fingerprint density at radius 1 is 0.905 bits per heavy atom. The lowest BCUT2D eigenvalue weighted by molar-refractivity contribution is -0.131. The average Bonchev–Trinajstić information content (AvgIpc) is 3.31. The number of carbonyl (C=O) groups excluding carboxylic acids is 2. The van der Waals surface area contributed by atoms with Crippen LogP contribution in [-0.2, 0) is 9.59 Å². The van der Waals surface area contributed by atoms with E-state index < -0.39 is 5.41 Å². The number of ketones is 1. The third-order valence-electron chi connectivity index (χ3n) is 4.11. The predicted octanol–water partition coefficient (Wildman–Crippen LogP) is 3.66. The van der Waals surface area contributed by atoms with Gasteiger partial charge >= 0.3 is 0 Å². The number of amides is 1. The van der Waals surface area contributed by atoms with Gasteiger partial charge in [0.05, 0.1) is 0 Å². The van der Waals surface area contributed by atoms with Gasteiger partial charge in [0.1, 0.15) is 11.2 Å². The van der Waals surface area contributed by atoms with Crippen molar-refractivity contribution in [3.8, 4) is 11.1 Å². The molecule has 0 aromatic heterocycles. The van der Waals surface area contributed by atoms with E-state index in [9.17, 15) is 9.59 Å². The van der Waals surface area contributed by atoms with Crippen molar-refractivity contribution in [3.63, 3.8) is 0 Å². The highest BCUT2D eigenvalue weighted by molar-refractivity contribution is 6.13. The molecule has 1 amide bonds. The number of carbonyl (C=O) groups is 2. The maximum absolute atomic E-state index is 12.2. The Kier molecular flexibility index (Phi) is 3.34. The zero-order valence-electron chi connectivity index (χ0n) is 11.9. The first-order chi connectivity index (χ1) is 10.1. The number of hydrogen-bond donors (Lipinski definition) is 1. The molecule has 1 aliphatic rings. The minimum Gasteiger partial charge on any atom is -0.325 e. The number of hydrogen-bond acceptors (Lipinski definition) is 2. The van der Waals surface area contributed by atoms with Crippen molar-refractivity contribution in [2.45, 2.75) is 19.8 Å². The summed E-state index contributed by atoms with van der Waals surface area (Å²) in [5.41, 5.74) is 2.20. The van der Waals surface area contributed by atoms with E-state index >= 15 is 0 Å². The third-order valence-corrected chi connectivity index (χ3v) is 4.11. The summed E-state index contributed by atoms with van der Waals surface area (Å²) in [6, 6.07) is 17.7. The van der Waals surface area contributed by atoms with Crippen LogP contribution in [0.5, 0.6) is 0 Å². The molecule has 1 N–H and O–H groups in total. The topological polar surface area (TPSA) is 46.2 Å². The van der Waals surface area contributed by atoms with Crippen molar-refractivity contribution >= 4 is 17.4 Å². The summed E-state index contributed by atoms with van der Waals surface area (Å²) in [5.74, 6) is -0.219. The highest BCUT2D eigenvalue weighted by atomic mass is 16.2. The van der Waals surface area contributed by atoms with Gasteiger partial charge < -0.3 is 5.32 Å². The molecule has 0 aliphatic heterocycles. The molecule has 21 heavy (non-hydrogen) atoms. The van der Waals surface area contributed by atoms with Crippen LogP contribution in [0.25, 0.3) is 11.1 Å².